The minimum atomic E-state index is 0.838. The highest BCUT2D eigenvalue weighted by Crippen LogP contribution is 2.07. The van der Waals surface area contributed by atoms with Gasteiger partial charge in [-0.2, -0.15) is 0 Å². The van der Waals surface area contributed by atoms with Gasteiger partial charge in [0.1, 0.15) is 11.5 Å². The smallest absolute Gasteiger partial charge is 0.117 e. The van der Waals surface area contributed by atoms with Crippen molar-refractivity contribution in [2.75, 3.05) is 20.3 Å². The van der Waals surface area contributed by atoms with E-state index in [0.717, 1.165) is 44.1 Å². The Morgan fingerprint density at radius 3 is 2.69 bits per heavy atom. The molecule has 92 valence electrons. The van der Waals surface area contributed by atoms with Crippen LogP contribution in [0.4, 0.5) is 0 Å². The lowest BCUT2D eigenvalue weighted by molar-refractivity contribution is 0.192. The summed E-state index contributed by atoms with van der Waals surface area (Å²) in [7, 11) is 1.75. The highest BCUT2D eigenvalue weighted by molar-refractivity contribution is 5.06. The molecule has 0 unspecified atom stereocenters. The highest BCUT2D eigenvalue weighted by atomic mass is 16.5. The summed E-state index contributed by atoms with van der Waals surface area (Å²) in [6, 6.07) is 4.10. The normalized spacial score (nSPS) is 10.9. The van der Waals surface area contributed by atoms with Crippen LogP contribution in [0.5, 0.6) is 0 Å². The molecule has 0 aliphatic heterocycles. The molecule has 1 rings (SSSR count). The van der Waals surface area contributed by atoms with E-state index in [-0.39, 0.29) is 0 Å². The standard InChI is InChI=1S/C13H23NO2/c1-3-12-7-8-13(16-12)11-14-9-5-4-6-10-15-2/h7-8,14H,3-6,9-11H2,1-2H3. The van der Waals surface area contributed by atoms with Gasteiger partial charge in [0.05, 0.1) is 6.54 Å². The number of rotatable bonds is 9. The molecule has 0 aromatic carbocycles. The summed E-state index contributed by atoms with van der Waals surface area (Å²) in [5.74, 6) is 2.10. The van der Waals surface area contributed by atoms with Gasteiger partial charge in [0.15, 0.2) is 0 Å². The average molecular weight is 225 g/mol. The van der Waals surface area contributed by atoms with E-state index < -0.39 is 0 Å². The van der Waals surface area contributed by atoms with Crippen LogP contribution < -0.4 is 5.32 Å². The molecule has 16 heavy (non-hydrogen) atoms. The summed E-state index contributed by atoms with van der Waals surface area (Å²) in [5.41, 5.74) is 0. The highest BCUT2D eigenvalue weighted by Gasteiger charge is 1.99. The lowest BCUT2D eigenvalue weighted by Crippen LogP contribution is -2.14. The van der Waals surface area contributed by atoms with Gasteiger partial charge in [-0.15, -0.1) is 0 Å². The summed E-state index contributed by atoms with van der Waals surface area (Å²) < 4.78 is 10.6. The minimum absolute atomic E-state index is 0.838. The van der Waals surface area contributed by atoms with E-state index >= 15 is 0 Å². The van der Waals surface area contributed by atoms with Crippen molar-refractivity contribution in [3.8, 4) is 0 Å². The molecule has 3 nitrogen and oxygen atoms in total. The first-order chi connectivity index (χ1) is 7.86. The van der Waals surface area contributed by atoms with Gasteiger partial charge in [-0.1, -0.05) is 6.92 Å². The molecule has 0 aliphatic carbocycles. The van der Waals surface area contributed by atoms with E-state index in [9.17, 15) is 0 Å². The summed E-state index contributed by atoms with van der Waals surface area (Å²) in [4.78, 5) is 0. The summed E-state index contributed by atoms with van der Waals surface area (Å²) in [6.45, 7) is 4.86. The monoisotopic (exact) mass is 225 g/mol. The van der Waals surface area contributed by atoms with Crippen molar-refractivity contribution in [3.05, 3.63) is 23.7 Å². The van der Waals surface area contributed by atoms with Crippen molar-refractivity contribution in [3.63, 3.8) is 0 Å². The molecule has 0 saturated heterocycles. The van der Waals surface area contributed by atoms with Gasteiger partial charge in [0.2, 0.25) is 0 Å². The molecule has 0 radical (unpaired) electrons. The van der Waals surface area contributed by atoms with Crippen molar-refractivity contribution in [1.29, 1.82) is 0 Å². The molecular weight excluding hydrogens is 202 g/mol. The van der Waals surface area contributed by atoms with Crippen LogP contribution in [0.25, 0.3) is 0 Å². The number of furan rings is 1. The zero-order valence-corrected chi connectivity index (χ0v) is 10.4. The van der Waals surface area contributed by atoms with Crippen LogP contribution in [-0.2, 0) is 17.7 Å². The molecule has 1 heterocycles. The largest absolute Gasteiger partial charge is 0.465 e. The van der Waals surface area contributed by atoms with Crippen LogP contribution in [0.1, 0.15) is 37.7 Å². The van der Waals surface area contributed by atoms with Crippen LogP contribution >= 0.6 is 0 Å². The van der Waals surface area contributed by atoms with Crippen LogP contribution in [0.2, 0.25) is 0 Å². The third kappa shape index (κ3) is 5.33. The number of unbranched alkanes of at least 4 members (excludes halogenated alkanes) is 2. The van der Waals surface area contributed by atoms with E-state index in [0.29, 0.717) is 0 Å². The maximum Gasteiger partial charge on any atom is 0.117 e. The molecule has 0 spiro atoms. The van der Waals surface area contributed by atoms with Crippen molar-refractivity contribution in [2.45, 2.75) is 39.2 Å². The van der Waals surface area contributed by atoms with Crippen LogP contribution in [0.3, 0.4) is 0 Å². The SMILES string of the molecule is CCc1ccc(CNCCCCCOC)o1. The lowest BCUT2D eigenvalue weighted by Gasteiger charge is -2.02. The fourth-order valence-corrected chi connectivity index (χ4v) is 1.59. The summed E-state index contributed by atoms with van der Waals surface area (Å²) in [5, 5.41) is 3.38. The third-order valence-corrected chi connectivity index (χ3v) is 2.57. The van der Waals surface area contributed by atoms with Crippen LogP contribution in [0.15, 0.2) is 16.5 Å². The Balaban J connectivity index is 1.98. The molecule has 1 aromatic heterocycles. The van der Waals surface area contributed by atoms with E-state index in [4.69, 9.17) is 9.15 Å². The second-order valence-electron chi connectivity index (χ2n) is 3.95. The van der Waals surface area contributed by atoms with Gasteiger partial charge in [-0.05, 0) is 37.9 Å². The van der Waals surface area contributed by atoms with E-state index in [1.54, 1.807) is 7.11 Å². The molecule has 0 aliphatic rings. The fourth-order valence-electron chi connectivity index (χ4n) is 1.59. The van der Waals surface area contributed by atoms with Gasteiger partial charge < -0.3 is 14.5 Å². The lowest BCUT2D eigenvalue weighted by atomic mass is 10.2. The topological polar surface area (TPSA) is 34.4 Å². The van der Waals surface area contributed by atoms with Crippen LogP contribution in [-0.4, -0.2) is 20.3 Å². The molecule has 1 N–H and O–H groups in total. The Morgan fingerprint density at radius 1 is 1.19 bits per heavy atom. The quantitative estimate of drug-likeness (QED) is 0.656. The first-order valence-electron chi connectivity index (χ1n) is 6.14. The van der Waals surface area contributed by atoms with E-state index in [1.807, 2.05) is 0 Å². The molecular formula is C13H23NO2. The fraction of sp³-hybridized carbons (Fsp3) is 0.692. The Morgan fingerprint density at radius 2 is 2.00 bits per heavy atom. The number of nitrogens with one attached hydrogen (secondary N) is 1. The molecule has 0 amide bonds. The Bertz CT molecular complexity index is 271. The zero-order chi connectivity index (χ0) is 11.6. The van der Waals surface area contributed by atoms with Crippen molar-refractivity contribution < 1.29 is 9.15 Å². The second-order valence-corrected chi connectivity index (χ2v) is 3.95. The Kier molecular flexibility index (Phi) is 6.93. The molecule has 0 bridgehead atoms. The van der Waals surface area contributed by atoms with Gasteiger partial charge in [0, 0.05) is 20.1 Å². The number of methoxy groups -OCH3 is 1. The maximum atomic E-state index is 5.60. The number of hydrogen-bond donors (Lipinski definition) is 1. The first kappa shape index (κ1) is 13.3. The van der Waals surface area contributed by atoms with Gasteiger partial charge in [0.25, 0.3) is 0 Å². The third-order valence-electron chi connectivity index (χ3n) is 2.57. The predicted molar refractivity (Wildman–Crippen MR) is 65.5 cm³/mol. The van der Waals surface area contributed by atoms with E-state index in [1.165, 1.54) is 12.8 Å². The Labute approximate surface area is 98.2 Å². The Hall–Kier alpha value is -0.800. The average Bonchev–Trinajstić information content (AvgIpc) is 2.76. The van der Waals surface area contributed by atoms with E-state index in [2.05, 4.69) is 24.4 Å². The predicted octanol–water partition coefficient (Wildman–Crippen LogP) is 2.75. The molecule has 1 aromatic rings. The minimum Gasteiger partial charge on any atom is -0.465 e. The first-order valence-corrected chi connectivity index (χ1v) is 6.14. The maximum absolute atomic E-state index is 5.60. The van der Waals surface area contributed by atoms with Gasteiger partial charge in [-0.25, -0.2) is 0 Å². The number of ether oxygens (including phenoxy) is 1. The molecule has 0 fully saturated rings. The molecule has 0 atom stereocenters. The van der Waals surface area contributed by atoms with Crippen LogP contribution in [0, 0.1) is 0 Å². The summed E-state index contributed by atoms with van der Waals surface area (Å²) >= 11 is 0. The second kappa shape index (κ2) is 8.36. The van der Waals surface area contributed by atoms with Gasteiger partial charge in [-0.3, -0.25) is 0 Å². The van der Waals surface area contributed by atoms with Gasteiger partial charge >= 0.3 is 0 Å². The zero-order valence-electron chi connectivity index (χ0n) is 10.4. The molecule has 3 heteroatoms. The van der Waals surface area contributed by atoms with Crippen molar-refractivity contribution in [2.24, 2.45) is 0 Å². The number of aryl methyl sites for hydroxylation is 1. The van der Waals surface area contributed by atoms with Crippen molar-refractivity contribution in [1.82, 2.24) is 5.32 Å². The summed E-state index contributed by atoms with van der Waals surface area (Å²) in [6.07, 6.45) is 4.54. The number of hydrogen-bond acceptors (Lipinski definition) is 3. The molecule has 0 saturated carbocycles. The van der Waals surface area contributed by atoms with Crippen molar-refractivity contribution >= 4 is 0 Å².